The molecule has 41 heavy (non-hydrogen) atoms. The normalized spacial score (nSPS) is 14.9. The highest BCUT2D eigenvalue weighted by atomic mass is 16.3. The molecule has 0 aliphatic carbocycles. The Morgan fingerprint density at radius 1 is 0.390 bits per heavy atom. The number of hydrogen-bond donors (Lipinski definition) is 2. The monoisotopic (exact) mass is 542 g/mol. The van der Waals surface area contributed by atoms with E-state index in [1.54, 1.807) is 72.8 Å². The highest BCUT2D eigenvalue weighted by Gasteiger charge is 2.39. The van der Waals surface area contributed by atoms with Gasteiger partial charge in [0.2, 0.25) is 0 Å². The van der Waals surface area contributed by atoms with Crippen molar-refractivity contribution in [3.8, 4) is 11.5 Å². The number of anilines is 2. The van der Waals surface area contributed by atoms with Crippen LogP contribution in [-0.2, 0) is 24.6 Å². The van der Waals surface area contributed by atoms with Gasteiger partial charge in [-0.2, -0.15) is 0 Å². The zero-order chi connectivity index (χ0) is 28.7. The molecule has 0 spiro atoms. The van der Waals surface area contributed by atoms with Gasteiger partial charge in [0.1, 0.15) is 11.5 Å². The molecule has 0 aromatic heterocycles. The number of rotatable bonds is 6. The second-order valence-electron chi connectivity index (χ2n) is 9.63. The summed E-state index contributed by atoms with van der Waals surface area (Å²) < 4.78 is 0. The molecule has 0 saturated heterocycles. The van der Waals surface area contributed by atoms with Crippen LogP contribution in [0.25, 0.3) is 0 Å². The summed E-state index contributed by atoms with van der Waals surface area (Å²) in [4.78, 5) is 51.4. The lowest BCUT2D eigenvalue weighted by molar-refractivity contribution is -0.121. The van der Waals surface area contributed by atoms with E-state index in [0.29, 0.717) is 11.4 Å². The molecule has 2 N–H and O–H groups in total. The van der Waals surface area contributed by atoms with Crippen LogP contribution in [0.4, 0.5) is 11.4 Å². The summed E-state index contributed by atoms with van der Waals surface area (Å²) in [6.07, 6.45) is 4.89. The minimum atomic E-state index is -1.02. The molecule has 0 atom stereocenters. The lowest BCUT2D eigenvalue weighted by Crippen LogP contribution is -2.32. The largest absolute Gasteiger partial charge is 0.508 e. The van der Waals surface area contributed by atoms with Gasteiger partial charge in [0.15, 0.2) is 0 Å². The van der Waals surface area contributed by atoms with Crippen molar-refractivity contribution in [3.05, 3.63) is 144 Å². The summed E-state index contributed by atoms with van der Waals surface area (Å²) in [6.45, 7) is 0. The lowest BCUT2D eigenvalue weighted by Gasteiger charge is -2.37. The van der Waals surface area contributed by atoms with Gasteiger partial charge in [-0.15, -0.1) is 0 Å². The first-order chi connectivity index (χ1) is 19.8. The molecular weight excluding hydrogens is 520 g/mol. The number of phenolic OH excluding ortho intramolecular Hbond substituents is 2. The summed E-state index contributed by atoms with van der Waals surface area (Å²) in [5.74, 6) is -1.55. The maximum Gasteiger partial charge on any atom is 0.258 e. The predicted octanol–water partition coefficient (Wildman–Crippen LogP) is 4.34. The third-order valence-electron chi connectivity index (χ3n) is 7.34. The highest BCUT2D eigenvalue weighted by molar-refractivity contribution is 6.28. The van der Waals surface area contributed by atoms with Crippen LogP contribution in [0.15, 0.2) is 121 Å². The summed E-state index contributed by atoms with van der Waals surface area (Å²) >= 11 is 0. The minimum Gasteiger partial charge on any atom is -0.508 e. The predicted molar refractivity (Wildman–Crippen MR) is 151 cm³/mol. The van der Waals surface area contributed by atoms with Crippen LogP contribution in [0.1, 0.15) is 22.3 Å². The van der Waals surface area contributed by atoms with Crippen LogP contribution in [0.3, 0.4) is 0 Å². The maximum absolute atomic E-state index is 12.3. The Bertz CT molecular complexity index is 1580. The van der Waals surface area contributed by atoms with Gasteiger partial charge in [-0.05, 0) is 70.8 Å². The Kier molecular flexibility index (Phi) is 6.08. The van der Waals surface area contributed by atoms with Crippen molar-refractivity contribution in [3.63, 3.8) is 0 Å². The first-order valence-electron chi connectivity index (χ1n) is 12.7. The van der Waals surface area contributed by atoms with Gasteiger partial charge in [0.25, 0.3) is 23.6 Å². The molecular formula is C33H22N2O6. The van der Waals surface area contributed by atoms with Gasteiger partial charge >= 0.3 is 0 Å². The van der Waals surface area contributed by atoms with Crippen molar-refractivity contribution in [1.29, 1.82) is 0 Å². The average Bonchev–Trinajstić information content (AvgIpc) is 3.50. The Balaban J connectivity index is 1.57. The van der Waals surface area contributed by atoms with E-state index in [1.807, 2.05) is 24.3 Å². The second kappa shape index (κ2) is 9.77. The standard InChI is InChI=1S/C33H22N2O6/c36-27-13-5-23(6-14-27)33(24-7-15-28(37)16-8-24,21-1-9-25(10-2-21)34-29(38)17-18-30(34)39)22-3-11-26(12-4-22)35-31(40)19-20-32(35)41/h1-20,36-37H. The molecule has 8 nitrogen and oxygen atoms in total. The summed E-state index contributed by atoms with van der Waals surface area (Å²) in [5, 5.41) is 20.2. The molecule has 8 heteroatoms. The van der Waals surface area contributed by atoms with Crippen molar-refractivity contribution in [1.82, 2.24) is 0 Å². The quantitative estimate of drug-likeness (QED) is 0.277. The molecule has 200 valence electrons. The van der Waals surface area contributed by atoms with Crippen LogP contribution >= 0.6 is 0 Å². The molecule has 4 amide bonds. The SMILES string of the molecule is O=C1C=CC(=O)N1c1ccc(C(c2ccc(O)cc2)(c2ccc(O)cc2)c2ccc(N3C(=O)C=CC3=O)cc2)cc1. The van der Waals surface area contributed by atoms with Crippen LogP contribution in [0.2, 0.25) is 0 Å². The zero-order valence-corrected chi connectivity index (χ0v) is 21.5. The van der Waals surface area contributed by atoms with E-state index in [4.69, 9.17) is 0 Å². The third-order valence-corrected chi connectivity index (χ3v) is 7.34. The van der Waals surface area contributed by atoms with Crippen LogP contribution in [0, 0.1) is 0 Å². The van der Waals surface area contributed by atoms with Gasteiger partial charge in [-0.1, -0.05) is 48.5 Å². The number of amides is 4. The van der Waals surface area contributed by atoms with Gasteiger partial charge in [-0.25, -0.2) is 9.80 Å². The second-order valence-corrected chi connectivity index (χ2v) is 9.63. The van der Waals surface area contributed by atoms with E-state index in [9.17, 15) is 29.4 Å². The zero-order valence-electron chi connectivity index (χ0n) is 21.5. The van der Waals surface area contributed by atoms with Crippen LogP contribution < -0.4 is 9.80 Å². The fourth-order valence-electron chi connectivity index (χ4n) is 5.45. The summed E-state index contributed by atoms with van der Waals surface area (Å²) in [5.41, 5.74) is 2.85. The average molecular weight is 543 g/mol. The van der Waals surface area contributed by atoms with E-state index in [-0.39, 0.29) is 11.5 Å². The molecule has 6 rings (SSSR count). The molecule has 4 aromatic rings. The minimum absolute atomic E-state index is 0.0798. The van der Waals surface area contributed by atoms with Gasteiger partial charge in [-0.3, -0.25) is 19.2 Å². The van der Waals surface area contributed by atoms with Crippen molar-refractivity contribution >= 4 is 35.0 Å². The first-order valence-corrected chi connectivity index (χ1v) is 12.7. The molecule has 0 radical (unpaired) electrons. The van der Waals surface area contributed by atoms with E-state index in [0.717, 1.165) is 32.1 Å². The number of phenols is 2. The fraction of sp³-hybridized carbons (Fsp3) is 0.0303. The van der Waals surface area contributed by atoms with Crippen molar-refractivity contribution in [2.24, 2.45) is 0 Å². The molecule has 0 unspecified atom stereocenters. The number of aromatic hydroxyl groups is 2. The number of benzene rings is 4. The molecule has 2 aliphatic rings. The Morgan fingerprint density at radius 2 is 0.634 bits per heavy atom. The van der Waals surface area contributed by atoms with E-state index in [1.165, 1.54) is 24.3 Å². The van der Waals surface area contributed by atoms with E-state index >= 15 is 0 Å². The lowest BCUT2D eigenvalue weighted by atomic mass is 9.65. The molecule has 0 fully saturated rings. The molecule has 0 bridgehead atoms. The fourth-order valence-corrected chi connectivity index (χ4v) is 5.45. The maximum atomic E-state index is 12.3. The van der Waals surface area contributed by atoms with E-state index in [2.05, 4.69) is 0 Å². The molecule has 0 saturated carbocycles. The van der Waals surface area contributed by atoms with Crippen molar-refractivity contribution in [2.75, 3.05) is 9.80 Å². The number of imide groups is 2. The third kappa shape index (κ3) is 4.18. The highest BCUT2D eigenvalue weighted by Crippen LogP contribution is 2.46. The van der Waals surface area contributed by atoms with Crippen LogP contribution in [-0.4, -0.2) is 33.8 Å². The first kappa shape index (κ1) is 25.5. The van der Waals surface area contributed by atoms with Gasteiger partial charge in [0.05, 0.1) is 16.8 Å². The number of carbonyl (C=O) groups excluding carboxylic acids is 4. The van der Waals surface area contributed by atoms with Crippen molar-refractivity contribution < 1.29 is 29.4 Å². The van der Waals surface area contributed by atoms with E-state index < -0.39 is 29.0 Å². The Labute approximate surface area is 234 Å². The summed E-state index contributed by atoms with van der Waals surface area (Å²) in [7, 11) is 0. The van der Waals surface area contributed by atoms with Crippen LogP contribution in [0.5, 0.6) is 11.5 Å². The molecule has 2 aliphatic heterocycles. The molecule has 2 heterocycles. The Morgan fingerprint density at radius 3 is 0.902 bits per heavy atom. The molecule has 4 aromatic carbocycles. The number of nitrogens with zero attached hydrogens (tertiary/aromatic N) is 2. The Hall–Kier alpha value is -5.76. The van der Waals surface area contributed by atoms with Gasteiger partial charge in [0, 0.05) is 24.3 Å². The smallest absolute Gasteiger partial charge is 0.258 e. The number of carbonyl (C=O) groups is 4. The topological polar surface area (TPSA) is 115 Å². The van der Waals surface area contributed by atoms with Crippen molar-refractivity contribution in [2.45, 2.75) is 5.41 Å². The number of hydrogen-bond acceptors (Lipinski definition) is 6. The summed E-state index contributed by atoms with van der Waals surface area (Å²) in [6, 6.07) is 27.5. The van der Waals surface area contributed by atoms with Gasteiger partial charge < -0.3 is 10.2 Å².